The highest BCUT2D eigenvalue weighted by molar-refractivity contribution is 5.79. The molecule has 1 aromatic carbocycles. The Hall–Kier alpha value is -2.87. The fourth-order valence-electron chi connectivity index (χ4n) is 3.48. The van der Waals surface area contributed by atoms with Crippen molar-refractivity contribution >= 4 is 11.8 Å². The van der Waals surface area contributed by atoms with Crippen LogP contribution in [0.25, 0.3) is 0 Å². The van der Waals surface area contributed by atoms with Crippen molar-refractivity contribution in [3.63, 3.8) is 0 Å². The predicted molar refractivity (Wildman–Crippen MR) is 123 cm³/mol. The van der Waals surface area contributed by atoms with Crippen LogP contribution in [-0.4, -0.2) is 68.3 Å². The Bertz CT molecular complexity index is 853. The lowest BCUT2D eigenvalue weighted by molar-refractivity contribution is 0.214. The first-order valence-electron chi connectivity index (χ1n) is 10.9. The van der Waals surface area contributed by atoms with Crippen LogP contribution < -0.4 is 20.3 Å². The van der Waals surface area contributed by atoms with Gasteiger partial charge < -0.3 is 25.2 Å². The maximum Gasteiger partial charge on any atom is 0.191 e. The molecule has 1 saturated heterocycles. The molecule has 1 atom stereocenters. The molecule has 1 unspecified atom stereocenters. The molecule has 0 aliphatic carbocycles. The number of guanidine groups is 1. The Kier molecular flexibility index (Phi) is 8.46. The Balaban J connectivity index is 1.46. The summed E-state index contributed by atoms with van der Waals surface area (Å²) in [6, 6.07) is 10.6. The van der Waals surface area contributed by atoms with Gasteiger partial charge in [-0.1, -0.05) is 19.1 Å². The molecule has 0 saturated carbocycles. The molecule has 1 aliphatic heterocycles. The monoisotopic (exact) mass is 428 g/mol. The van der Waals surface area contributed by atoms with Crippen molar-refractivity contribution in [2.45, 2.75) is 26.5 Å². The zero-order chi connectivity index (χ0) is 22.1. The van der Waals surface area contributed by atoms with Gasteiger partial charge >= 0.3 is 0 Å². The van der Waals surface area contributed by atoms with Crippen LogP contribution in [-0.2, 0) is 6.54 Å². The summed E-state index contributed by atoms with van der Waals surface area (Å²) in [5, 5.41) is 6.55. The molecule has 0 spiro atoms. The molecular weight excluding hydrogens is 395 g/mol. The second kappa shape index (κ2) is 11.5. The lowest BCUT2D eigenvalue weighted by Gasteiger charge is -2.34. The molecule has 3 rings (SSSR count). The minimum atomic E-state index is -0.360. The van der Waals surface area contributed by atoms with Gasteiger partial charge in [0.15, 0.2) is 17.5 Å². The third-order valence-electron chi connectivity index (χ3n) is 5.36. The normalized spacial score (nSPS) is 16.1. The number of ether oxygens (including phenoxy) is 1. The van der Waals surface area contributed by atoms with E-state index in [0.29, 0.717) is 19.0 Å². The number of piperazine rings is 1. The maximum absolute atomic E-state index is 13.7. The number of benzene rings is 1. The Morgan fingerprint density at radius 1 is 1.19 bits per heavy atom. The summed E-state index contributed by atoms with van der Waals surface area (Å²) >= 11 is 0. The van der Waals surface area contributed by atoms with E-state index in [1.165, 1.54) is 6.07 Å². The lowest BCUT2D eigenvalue weighted by Crippen LogP contribution is -2.46. The largest absolute Gasteiger partial charge is 0.486 e. The van der Waals surface area contributed by atoms with Gasteiger partial charge in [0.1, 0.15) is 11.9 Å². The fraction of sp³-hybridized carbons (Fsp3) is 0.478. The summed E-state index contributed by atoms with van der Waals surface area (Å²) in [6.07, 6.45) is 1.64. The number of likely N-dealkylation sites (N-methyl/N-ethyl adjacent to an activating group) is 1. The average molecular weight is 429 g/mol. The van der Waals surface area contributed by atoms with E-state index in [0.717, 1.165) is 44.1 Å². The number of anilines is 1. The molecule has 0 amide bonds. The molecule has 2 heterocycles. The van der Waals surface area contributed by atoms with E-state index < -0.39 is 0 Å². The van der Waals surface area contributed by atoms with Crippen LogP contribution in [0.3, 0.4) is 0 Å². The van der Waals surface area contributed by atoms with E-state index >= 15 is 0 Å². The molecule has 2 N–H and O–H groups in total. The van der Waals surface area contributed by atoms with Crippen molar-refractivity contribution in [3.8, 4) is 5.75 Å². The Morgan fingerprint density at radius 3 is 2.68 bits per heavy atom. The van der Waals surface area contributed by atoms with Crippen molar-refractivity contribution in [3.05, 3.63) is 54.0 Å². The van der Waals surface area contributed by atoms with Crippen LogP contribution in [0.5, 0.6) is 5.75 Å². The van der Waals surface area contributed by atoms with E-state index in [1.54, 1.807) is 25.2 Å². The molecule has 1 aliphatic rings. The van der Waals surface area contributed by atoms with Crippen LogP contribution in [0, 0.1) is 5.82 Å². The number of hydrogen-bond donors (Lipinski definition) is 2. The second-order valence-corrected chi connectivity index (χ2v) is 7.61. The number of pyridine rings is 1. The van der Waals surface area contributed by atoms with E-state index in [1.807, 2.05) is 19.2 Å². The highest BCUT2D eigenvalue weighted by atomic mass is 19.1. The summed E-state index contributed by atoms with van der Waals surface area (Å²) in [7, 11) is 1.73. The van der Waals surface area contributed by atoms with E-state index in [9.17, 15) is 4.39 Å². The van der Waals surface area contributed by atoms with Crippen LogP contribution in [0.2, 0.25) is 0 Å². The number of nitrogens with one attached hydrogen (secondary N) is 2. The average Bonchev–Trinajstić information content (AvgIpc) is 2.81. The van der Waals surface area contributed by atoms with E-state index in [2.05, 4.69) is 43.4 Å². The quantitative estimate of drug-likeness (QED) is 0.498. The van der Waals surface area contributed by atoms with Crippen molar-refractivity contribution in [1.29, 1.82) is 0 Å². The zero-order valence-corrected chi connectivity index (χ0v) is 18.6. The van der Waals surface area contributed by atoms with E-state index in [4.69, 9.17) is 4.74 Å². The predicted octanol–water partition coefficient (Wildman–Crippen LogP) is 2.50. The summed E-state index contributed by atoms with van der Waals surface area (Å²) in [5.41, 5.74) is 1.14. The minimum absolute atomic E-state index is 0.218. The summed E-state index contributed by atoms with van der Waals surface area (Å²) in [6.45, 7) is 10.5. The fourth-order valence-corrected chi connectivity index (χ4v) is 3.48. The van der Waals surface area contributed by atoms with Crippen LogP contribution in [0.4, 0.5) is 10.2 Å². The van der Waals surface area contributed by atoms with Gasteiger partial charge in [-0.15, -0.1) is 0 Å². The molecular formula is C23H33FN6O. The highest BCUT2D eigenvalue weighted by Crippen LogP contribution is 2.17. The molecule has 1 aromatic heterocycles. The first-order chi connectivity index (χ1) is 15.1. The van der Waals surface area contributed by atoms with Gasteiger partial charge in [0.05, 0.1) is 6.54 Å². The molecule has 0 bridgehead atoms. The molecule has 168 valence electrons. The van der Waals surface area contributed by atoms with Gasteiger partial charge in [0, 0.05) is 46.0 Å². The van der Waals surface area contributed by atoms with Crippen molar-refractivity contribution in [2.24, 2.45) is 4.99 Å². The molecule has 8 heteroatoms. The summed E-state index contributed by atoms with van der Waals surface area (Å²) < 4.78 is 19.4. The standard InChI is InChI=1S/C23H33FN6O/c1-4-29-11-13-30(14-12-29)22-15-19(9-10-26-22)17-28-23(25-3)27-16-18(2)31-21-8-6-5-7-20(21)24/h5-10,15,18H,4,11-14,16-17H2,1-3H3,(H2,25,27,28). The smallest absolute Gasteiger partial charge is 0.191 e. The lowest BCUT2D eigenvalue weighted by atomic mass is 10.2. The number of nitrogens with zero attached hydrogens (tertiary/aromatic N) is 4. The van der Waals surface area contributed by atoms with Crippen molar-refractivity contribution in [1.82, 2.24) is 20.5 Å². The summed E-state index contributed by atoms with van der Waals surface area (Å²) in [4.78, 5) is 13.6. The molecule has 0 radical (unpaired) electrons. The van der Waals surface area contributed by atoms with Crippen molar-refractivity contribution in [2.75, 3.05) is 51.2 Å². The second-order valence-electron chi connectivity index (χ2n) is 7.61. The Labute approximate surface area is 184 Å². The third kappa shape index (κ3) is 6.82. The zero-order valence-electron chi connectivity index (χ0n) is 18.6. The van der Waals surface area contributed by atoms with Gasteiger partial charge in [-0.2, -0.15) is 0 Å². The number of para-hydroxylation sites is 1. The number of rotatable bonds is 8. The molecule has 7 nitrogen and oxygen atoms in total. The number of aliphatic imine (C=N–C) groups is 1. The van der Waals surface area contributed by atoms with Crippen LogP contribution in [0.15, 0.2) is 47.6 Å². The molecule has 1 fully saturated rings. The first-order valence-corrected chi connectivity index (χ1v) is 10.9. The molecule has 31 heavy (non-hydrogen) atoms. The van der Waals surface area contributed by atoms with Gasteiger partial charge in [0.25, 0.3) is 0 Å². The number of aromatic nitrogens is 1. The Morgan fingerprint density at radius 2 is 1.97 bits per heavy atom. The number of hydrogen-bond acceptors (Lipinski definition) is 5. The number of halogens is 1. The van der Waals surface area contributed by atoms with Gasteiger partial charge in [0.2, 0.25) is 0 Å². The SMILES string of the molecule is CCN1CCN(c2cc(CNC(=NC)NCC(C)Oc3ccccc3F)ccn2)CC1. The third-order valence-corrected chi connectivity index (χ3v) is 5.36. The van der Waals surface area contributed by atoms with Gasteiger partial charge in [-0.3, -0.25) is 4.99 Å². The van der Waals surface area contributed by atoms with Crippen molar-refractivity contribution < 1.29 is 9.13 Å². The van der Waals surface area contributed by atoms with E-state index in [-0.39, 0.29) is 17.7 Å². The van der Waals surface area contributed by atoms with Crippen LogP contribution >= 0.6 is 0 Å². The minimum Gasteiger partial charge on any atom is -0.486 e. The van der Waals surface area contributed by atoms with Gasteiger partial charge in [-0.05, 0) is 43.3 Å². The van der Waals surface area contributed by atoms with Crippen LogP contribution in [0.1, 0.15) is 19.4 Å². The maximum atomic E-state index is 13.7. The topological polar surface area (TPSA) is 65.0 Å². The molecule has 2 aromatic rings. The van der Waals surface area contributed by atoms with Gasteiger partial charge in [-0.25, -0.2) is 9.37 Å². The first kappa shape index (κ1) is 22.8. The summed E-state index contributed by atoms with van der Waals surface area (Å²) in [5.74, 6) is 1.58. The highest BCUT2D eigenvalue weighted by Gasteiger charge is 2.17.